The predicted octanol–water partition coefficient (Wildman–Crippen LogP) is 6.98. The van der Waals surface area contributed by atoms with Gasteiger partial charge in [-0.2, -0.15) is 4.99 Å². The molecule has 2 aliphatic heterocycles. The zero-order valence-corrected chi connectivity index (χ0v) is 25.9. The van der Waals surface area contributed by atoms with Crippen molar-refractivity contribution >= 4 is 40.2 Å². The van der Waals surface area contributed by atoms with Crippen LogP contribution in [0.25, 0.3) is 0 Å². The summed E-state index contributed by atoms with van der Waals surface area (Å²) in [4.78, 5) is 39.9. The Balaban J connectivity index is 1.13. The molecule has 3 aromatic rings. The van der Waals surface area contributed by atoms with Gasteiger partial charge < -0.3 is 24.7 Å². The summed E-state index contributed by atoms with van der Waals surface area (Å²) in [7, 11) is 0. The minimum absolute atomic E-state index is 0.0241. The molecule has 0 fully saturated rings. The van der Waals surface area contributed by atoms with E-state index in [1.54, 1.807) is 30.3 Å². The molecule has 0 radical (unpaired) electrons. The van der Waals surface area contributed by atoms with E-state index in [0.717, 1.165) is 43.1 Å². The molecule has 3 aromatic carbocycles. The molecule has 2 N–H and O–H groups in total. The zero-order valence-electron chi connectivity index (χ0n) is 25.1. The minimum Gasteiger partial charge on any atom is -0.508 e. The van der Waals surface area contributed by atoms with Crippen LogP contribution in [0.15, 0.2) is 70.0 Å². The van der Waals surface area contributed by atoms with Gasteiger partial charge in [0.25, 0.3) is 0 Å². The summed E-state index contributed by atoms with van der Waals surface area (Å²) in [6.07, 6.45) is 10.9. The molecule has 1 amide bonds. The second kappa shape index (κ2) is 15.5. The van der Waals surface area contributed by atoms with Gasteiger partial charge in [0.05, 0.1) is 23.0 Å². The Morgan fingerprint density at radius 1 is 0.911 bits per heavy atom. The van der Waals surface area contributed by atoms with E-state index in [4.69, 9.17) is 9.47 Å². The normalized spacial score (nSPS) is 15.5. The van der Waals surface area contributed by atoms with Crippen LogP contribution in [0.5, 0.6) is 17.2 Å². The highest BCUT2D eigenvalue weighted by atomic mass is 32.1. The van der Waals surface area contributed by atoms with Gasteiger partial charge in [-0.1, -0.05) is 62.8 Å². The van der Waals surface area contributed by atoms with Gasteiger partial charge in [0.1, 0.15) is 23.5 Å². The van der Waals surface area contributed by atoms with Crippen LogP contribution in [0.1, 0.15) is 91.3 Å². The van der Waals surface area contributed by atoms with E-state index in [2.05, 4.69) is 19.8 Å². The first-order valence-corrected chi connectivity index (χ1v) is 16.3. The van der Waals surface area contributed by atoms with Crippen molar-refractivity contribution in [3.63, 3.8) is 0 Å². The highest BCUT2D eigenvalue weighted by Crippen LogP contribution is 2.56. The van der Waals surface area contributed by atoms with E-state index >= 15 is 0 Å². The number of hydrogen-bond donors (Lipinski definition) is 2. The number of rotatable bonds is 15. The molecule has 234 valence electrons. The number of ether oxygens (including phenoxy) is 2. The lowest BCUT2D eigenvalue weighted by atomic mass is 9.77. The Morgan fingerprint density at radius 2 is 1.64 bits per heavy atom. The van der Waals surface area contributed by atoms with Crippen molar-refractivity contribution in [2.75, 3.05) is 13.1 Å². The molecular formula is C35H37N3O6S. The second-order valence-corrected chi connectivity index (χ2v) is 11.7. The van der Waals surface area contributed by atoms with E-state index in [1.165, 1.54) is 31.7 Å². The molecule has 0 bridgehead atoms. The fraction of sp³-hybridized carbons (Fsp3) is 0.371. The van der Waals surface area contributed by atoms with Gasteiger partial charge in [0.15, 0.2) is 5.60 Å². The molecule has 0 aliphatic carbocycles. The number of isothiocyanates is 1. The van der Waals surface area contributed by atoms with Gasteiger partial charge in [0, 0.05) is 53.3 Å². The number of benzene rings is 3. The lowest BCUT2D eigenvalue weighted by molar-refractivity contribution is -0.120. The molecule has 0 aromatic heterocycles. The highest BCUT2D eigenvalue weighted by Gasteiger charge is 2.53. The smallest absolute Gasteiger partial charge is 0.340 e. The summed E-state index contributed by atoms with van der Waals surface area (Å²) in [5.41, 5.74) is 1.69. The third kappa shape index (κ3) is 7.59. The van der Waals surface area contributed by atoms with Crippen LogP contribution in [-0.2, 0) is 31.1 Å². The highest BCUT2D eigenvalue weighted by molar-refractivity contribution is 7.66. The maximum Gasteiger partial charge on any atom is 0.340 e. The van der Waals surface area contributed by atoms with Crippen molar-refractivity contribution in [2.24, 2.45) is 9.36 Å². The molecule has 9 nitrogen and oxygen atoms in total. The number of phenolic OH excluding ortho intramolecular Hbond substituents is 1. The summed E-state index contributed by atoms with van der Waals surface area (Å²) in [5, 5.41) is 15.8. The van der Waals surface area contributed by atoms with E-state index in [-0.39, 0.29) is 11.7 Å². The first-order chi connectivity index (χ1) is 22.0. The maximum absolute atomic E-state index is 13.2. The summed E-state index contributed by atoms with van der Waals surface area (Å²) < 4.78 is 16.4. The van der Waals surface area contributed by atoms with Crippen LogP contribution in [0.4, 0.5) is 5.69 Å². The number of aldehydes is 1. The fourth-order valence-electron chi connectivity index (χ4n) is 5.75. The van der Waals surface area contributed by atoms with Crippen molar-refractivity contribution in [1.29, 1.82) is 0 Å². The number of phenols is 1. The fourth-order valence-corrected chi connectivity index (χ4v) is 6.13. The monoisotopic (exact) mass is 627 g/mol. The van der Waals surface area contributed by atoms with Crippen LogP contribution in [0.3, 0.4) is 0 Å². The van der Waals surface area contributed by atoms with E-state index < -0.39 is 11.6 Å². The molecule has 10 heteroatoms. The number of aliphatic imine (C=N–C) groups is 1. The zero-order chi connectivity index (χ0) is 31.5. The lowest BCUT2D eigenvalue weighted by Gasteiger charge is -2.36. The summed E-state index contributed by atoms with van der Waals surface area (Å²) >= 11 is 1.03. The average molecular weight is 628 g/mol. The van der Waals surface area contributed by atoms with Crippen LogP contribution in [-0.4, -0.2) is 41.5 Å². The van der Waals surface area contributed by atoms with Crippen molar-refractivity contribution in [3.05, 3.63) is 82.9 Å². The number of hydrogen-bond acceptors (Lipinski definition) is 8. The molecule has 1 spiro atoms. The molecule has 1 unspecified atom stereocenters. The van der Waals surface area contributed by atoms with Gasteiger partial charge in [0.2, 0.25) is 5.91 Å². The first kappa shape index (κ1) is 31.9. The summed E-state index contributed by atoms with van der Waals surface area (Å²) in [5.74, 6) is 0.507. The SMILES string of the molecule is O=CCCCCCCCCCCNC(=O)CCN=S=C=Nc1ccc2c(c1)C(=O)OC21c2ccccc2Oc2cc(O)ccc21. The lowest BCUT2D eigenvalue weighted by Crippen LogP contribution is -2.32. The molecule has 0 saturated carbocycles. The molecule has 2 aliphatic rings. The second-order valence-electron chi connectivity index (χ2n) is 11.1. The van der Waals surface area contributed by atoms with E-state index in [9.17, 15) is 19.5 Å². The number of carbonyl (C=O) groups excluding carboxylic acids is 3. The van der Waals surface area contributed by atoms with Crippen molar-refractivity contribution in [1.82, 2.24) is 5.32 Å². The van der Waals surface area contributed by atoms with Gasteiger partial charge >= 0.3 is 5.97 Å². The molecule has 1 atom stereocenters. The summed E-state index contributed by atoms with van der Waals surface area (Å²) in [6.45, 7) is 1.02. The van der Waals surface area contributed by atoms with Gasteiger partial charge in [-0.25, -0.2) is 9.16 Å². The van der Waals surface area contributed by atoms with E-state index in [1.807, 2.05) is 24.3 Å². The Bertz CT molecular complexity index is 1660. The number of carbonyl (C=O) groups is 3. The van der Waals surface area contributed by atoms with Crippen molar-refractivity contribution < 1.29 is 29.0 Å². The number of unbranched alkanes of at least 4 members (excludes halogenated alkanes) is 8. The van der Waals surface area contributed by atoms with Crippen molar-refractivity contribution in [3.8, 4) is 17.2 Å². The summed E-state index contributed by atoms with van der Waals surface area (Å²) in [6, 6.07) is 17.4. The maximum atomic E-state index is 13.2. The number of fused-ring (bicyclic) bond motifs is 6. The van der Waals surface area contributed by atoms with Crippen LogP contribution < -0.4 is 10.1 Å². The van der Waals surface area contributed by atoms with Crippen LogP contribution in [0, 0.1) is 0 Å². The van der Waals surface area contributed by atoms with Gasteiger partial charge in [-0.15, -0.1) is 0 Å². The standard InChI is InChI=1S/C35H37N3O6S/c39-21-11-7-5-3-1-2-4-6-10-19-36-33(41)18-20-38-45-24-37-25-14-16-28-27(22-25)34(42)44-35(28)29-12-8-9-13-31(29)43-32-23-26(40)15-17-30(32)35/h8-9,12-17,21-23,40H,1-7,10-11,18-20H2,(H,36,41). The van der Waals surface area contributed by atoms with Crippen LogP contribution in [0.2, 0.25) is 0 Å². The molecule has 0 saturated heterocycles. The predicted molar refractivity (Wildman–Crippen MR) is 173 cm³/mol. The third-order valence-corrected chi connectivity index (χ3v) is 8.44. The quantitative estimate of drug-likeness (QED) is 0.0616. The molecular weight excluding hydrogens is 590 g/mol. The Morgan fingerprint density at radius 3 is 2.47 bits per heavy atom. The number of esters is 1. The number of amides is 1. The molecule has 2 heterocycles. The van der Waals surface area contributed by atoms with Gasteiger partial charge in [-0.05, 0) is 43.2 Å². The first-order valence-electron chi connectivity index (χ1n) is 15.5. The largest absolute Gasteiger partial charge is 0.508 e. The molecule has 45 heavy (non-hydrogen) atoms. The number of nitrogens with zero attached hydrogens (tertiary/aromatic N) is 2. The number of para-hydroxylation sites is 1. The molecule has 5 rings (SSSR count). The Kier molecular flexibility index (Phi) is 11.0. The average Bonchev–Trinajstić information content (AvgIpc) is 3.33. The number of nitrogens with one attached hydrogen (secondary N) is 1. The van der Waals surface area contributed by atoms with E-state index in [0.29, 0.717) is 65.4 Å². The number of aromatic hydroxyl groups is 1. The Hall–Kier alpha value is -4.53. The minimum atomic E-state index is -1.21. The third-order valence-electron chi connectivity index (χ3n) is 7.96. The Labute approximate surface area is 266 Å². The van der Waals surface area contributed by atoms with Crippen LogP contribution >= 0.6 is 0 Å². The van der Waals surface area contributed by atoms with Crippen molar-refractivity contribution in [2.45, 2.75) is 69.8 Å². The van der Waals surface area contributed by atoms with Gasteiger partial charge in [-0.3, -0.25) is 4.79 Å². The topological polar surface area (TPSA) is 127 Å².